The lowest BCUT2D eigenvalue weighted by Gasteiger charge is -2.02. The van der Waals surface area contributed by atoms with E-state index in [4.69, 9.17) is 6.42 Å². The van der Waals surface area contributed by atoms with Crippen molar-refractivity contribution in [2.75, 3.05) is 0 Å². The standard InChI is InChI=1S/C14H14/c1-3-5-7-10-13(4-2)14-11-8-6-9-12-14/h1,6,8-9,11-12H,2,5,7,10H2. The summed E-state index contributed by atoms with van der Waals surface area (Å²) in [4.78, 5) is 0. The molecule has 1 rings (SSSR count). The molecular weight excluding hydrogens is 168 g/mol. The highest BCUT2D eigenvalue weighted by molar-refractivity contribution is 5.64. The summed E-state index contributed by atoms with van der Waals surface area (Å²) < 4.78 is 0. The quantitative estimate of drug-likeness (QED) is 0.379. The predicted molar refractivity (Wildman–Crippen MR) is 61.7 cm³/mol. The van der Waals surface area contributed by atoms with Gasteiger partial charge in [-0.25, -0.2) is 0 Å². The first kappa shape index (κ1) is 10.4. The third kappa shape index (κ3) is 2.98. The van der Waals surface area contributed by atoms with Crippen molar-refractivity contribution in [1.82, 2.24) is 0 Å². The van der Waals surface area contributed by atoms with Gasteiger partial charge in [0.1, 0.15) is 0 Å². The minimum Gasteiger partial charge on any atom is -0.125 e. The van der Waals surface area contributed by atoms with Gasteiger partial charge in [0.15, 0.2) is 0 Å². The molecule has 0 aliphatic carbocycles. The molecule has 0 radical (unpaired) electrons. The summed E-state index contributed by atoms with van der Waals surface area (Å²) in [5.41, 5.74) is 5.32. The van der Waals surface area contributed by atoms with Gasteiger partial charge < -0.3 is 0 Å². The van der Waals surface area contributed by atoms with Crippen LogP contribution < -0.4 is 0 Å². The van der Waals surface area contributed by atoms with E-state index < -0.39 is 0 Å². The van der Waals surface area contributed by atoms with Gasteiger partial charge in [0.25, 0.3) is 0 Å². The first-order valence-electron chi connectivity index (χ1n) is 4.76. The van der Waals surface area contributed by atoms with Crippen LogP contribution in [0.3, 0.4) is 0 Å². The summed E-state index contributed by atoms with van der Waals surface area (Å²) in [6, 6.07) is 10.2. The van der Waals surface area contributed by atoms with Crippen LogP contribution in [0.4, 0.5) is 0 Å². The molecule has 1 aromatic carbocycles. The van der Waals surface area contributed by atoms with Crippen molar-refractivity contribution >= 4 is 5.57 Å². The van der Waals surface area contributed by atoms with Gasteiger partial charge in [-0.2, -0.15) is 0 Å². The second-order valence-electron chi connectivity index (χ2n) is 3.08. The van der Waals surface area contributed by atoms with Crippen molar-refractivity contribution in [3.63, 3.8) is 0 Å². The van der Waals surface area contributed by atoms with Gasteiger partial charge in [0.2, 0.25) is 0 Å². The molecule has 0 spiro atoms. The number of allylic oxidation sites excluding steroid dienone is 1. The molecule has 0 aromatic heterocycles. The van der Waals surface area contributed by atoms with E-state index in [1.165, 1.54) is 5.56 Å². The molecule has 0 aliphatic heterocycles. The van der Waals surface area contributed by atoms with E-state index in [1.807, 2.05) is 18.2 Å². The molecule has 0 nitrogen and oxygen atoms in total. The molecule has 0 unspecified atom stereocenters. The second kappa shape index (κ2) is 5.86. The molecule has 0 atom stereocenters. The maximum atomic E-state index is 5.20. The summed E-state index contributed by atoms with van der Waals surface area (Å²) in [6.07, 6.45) is 7.98. The Morgan fingerprint density at radius 2 is 2.00 bits per heavy atom. The fourth-order valence-electron chi connectivity index (χ4n) is 1.34. The molecule has 0 bridgehead atoms. The Morgan fingerprint density at radius 1 is 1.29 bits per heavy atom. The average molecular weight is 182 g/mol. The molecule has 14 heavy (non-hydrogen) atoms. The van der Waals surface area contributed by atoms with E-state index >= 15 is 0 Å². The van der Waals surface area contributed by atoms with Crippen LogP contribution in [0.2, 0.25) is 0 Å². The largest absolute Gasteiger partial charge is 0.125 e. The van der Waals surface area contributed by atoms with E-state index in [9.17, 15) is 0 Å². The van der Waals surface area contributed by atoms with E-state index in [-0.39, 0.29) is 0 Å². The Balaban J connectivity index is 2.66. The maximum absolute atomic E-state index is 5.20. The molecule has 0 amide bonds. The first-order valence-corrected chi connectivity index (χ1v) is 4.76. The topological polar surface area (TPSA) is 0 Å². The number of hydrogen-bond acceptors (Lipinski definition) is 0. The van der Waals surface area contributed by atoms with Crippen molar-refractivity contribution in [1.29, 1.82) is 0 Å². The lowest BCUT2D eigenvalue weighted by Crippen LogP contribution is -1.83. The Labute approximate surface area is 86.0 Å². The Morgan fingerprint density at radius 3 is 2.57 bits per heavy atom. The number of benzene rings is 1. The maximum Gasteiger partial charge on any atom is 0.00894 e. The summed E-state index contributed by atoms with van der Waals surface area (Å²) in [5, 5.41) is 0. The van der Waals surface area contributed by atoms with Crippen LogP contribution in [0.1, 0.15) is 24.8 Å². The molecule has 0 heteroatoms. The highest BCUT2D eigenvalue weighted by Crippen LogP contribution is 2.18. The monoisotopic (exact) mass is 182 g/mol. The van der Waals surface area contributed by atoms with Crippen LogP contribution in [0.5, 0.6) is 0 Å². The molecular formula is C14H14. The van der Waals surface area contributed by atoms with Crippen LogP contribution in [-0.2, 0) is 0 Å². The predicted octanol–water partition coefficient (Wildman–Crippen LogP) is 3.66. The van der Waals surface area contributed by atoms with E-state index in [0.29, 0.717) is 0 Å². The number of hydrogen-bond donors (Lipinski definition) is 0. The molecule has 0 saturated heterocycles. The second-order valence-corrected chi connectivity index (χ2v) is 3.08. The normalized spacial score (nSPS) is 8.79. The lowest BCUT2D eigenvalue weighted by molar-refractivity contribution is 0.899. The van der Waals surface area contributed by atoms with E-state index in [0.717, 1.165) is 24.8 Å². The number of rotatable bonds is 4. The summed E-state index contributed by atoms with van der Waals surface area (Å²) in [6.45, 7) is 3.70. The van der Waals surface area contributed by atoms with Crippen LogP contribution in [-0.4, -0.2) is 0 Å². The first-order chi connectivity index (χ1) is 6.88. The van der Waals surface area contributed by atoms with Gasteiger partial charge in [-0.3, -0.25) is 0 Å². The minimum absolute atomic E-state index is 0.817. The summed E-state index contributed by atoms with van der Waals surface area (Å²) >= 11 is 0. The van der Waals surface area contributed by atoms with Crippen molar-refractivity contribution in [2.24, 2.45) is 0 Å². The number of terminal acetylenes is 1. The molecule has 0 fully saturated rings. The van der Waals surface area contributed by atoms with Crippen molar-refractivity contribution < 1.29 is 0 Å². The van der Waals surface area contributed by atoms with E-state index in [1.54, 1.807) is 0 Å². The molecule has 0 saturated carbocycles. The molecule has 0 heterocycles. The van der Waals surface area contributed by atoms with Gasteiger partial charge in [0, 0.05) is 12.0 Å². The van der Waals surface area contributed by atoms with Crippen molar-refractivity contribution in [3.8, 4) is 12.3 Å². The molecule has 70 valence electrons. The minimum atomic E-state index is 0.817. The van der Waals surface area contributed by atoms with E-state index in [2.05, 4.69) is 30.4 Å². The van der Waals surface area contributed by atoms with Gasteiger partial charge in [-0.05, 0) is 18.4 Å². The Bertz CT molecular complexity index is 359. The fraction of sp³-hybridized carbons (Fsp3) is 0.214. The van der Waals surface area contributed by atoms with Crippen molar-refractivity contribution in [3.05, 3.63) is 48.2 Å². The third-order valence-electron chi connectivity index (χ3n) is 2.08. The molecule has 0 N–H and O–H groups in total. The van der Waals surface area contributed by atoms with Gasteiger partial charge in [0.05, 0.1) is 0 Å². The molecule has 1 aromatic rings. The zero-order chi connectivity index (χ0) is 10.2. The van der Waals surface area contributed by atoms with Gasteiger partial charge >= 0.3 is 0 Å². The zero-order valence-electron chi connectivity index (χ0n) is 8.29. The van der Waals surface area contributed by atoms with Gasteiger partial charge in [-0.15, -0.1) is 18.1 Å². The van der Waals surface area contributed by atoms with Crippen LogP contribution in [0, 0.1) is 12.3 Å². The highest BCUT2D eigenvalue weighted by Gasteiger charge is 1.98. The van der Waals surface area contributed by atoms with Crippen molar-refractivity contribution in [2.45, 2.75) is 19.3 Å². The summed E-state index contributed by atoms with van der Waals surface area (Å²) in [5.74, 6) is 2.64. The smallest absolute Gasteiger partial charge is 0.00894 e. The molecule has 0 aliphatic rings. The van der Waals surface area contributed by atoms with Crippen LogP contribution in [0.15, 0.2) is 42.6 Å². The third-order valence-corrected chi connectivity index (χ3v) is 2.08. The van der Waals surface area contributed by atoms with Crippen LogP contribution >= 0.6 is 0 Å². The summed E-state index contributed by atoms with van der Waals surface area (Å²) in [7, 11) is 0. The SMILES string of the molecule is C#CCCCC(=C=C)c1ccccc1. The van der Waals surface area contributed by atoms with Gasteiger partial charge in [-0.1, -0.05) is 36.9 Å². The zero-order valence-corrected chi connectivity index (χ0v) is 8.29. The Hall–Kier alpha value is -1.70. The number of unbranched alkanes of at least 4 members (excludes halogenated alkanes) is 1. The highest BCUT2D eigenvalue weighted by atomic mass is 14.0. The Kier molecular flexibility index (Phi) is 4.35. The average Bonchev–Trinajstić information content (AvgIpc) is 2.26. The lowest BCUT2D eigenvalue weighted by atomic mass is 10.0. The fourth-order valence-corrected chi connectivity index (χ4v) is 1.34. The van der Waals surface area contributed by atoms with Crippen LogP contribution in [0.25, 0.3) is 5.57 Å².